The lowest BCUT2D eigenvalue weighted by Crippen LogP contribution is -2.41. The summed E-state index contributed by atoms with van der Waals surface area (Å²) in [6.07, 6.45) is 2.19. The first-order valence-corrected chi connectivity index (χ1v) is 5.46. The van der Waals surface area contributed by atoms with Gasteiger partial charge in [-0.05, 0) is 24.1 Å². The van der Waals surface area contributed by atoms with Crippen LogP contribution in [0.15, 0.2) is 24.5 Å². The molecule has 2 aromatic rings. The molecule has 17 heavy (non-hydrogen) atoms. The Balaban J connectivity index is 2.15. The van der Waals surface area contributed by atoms with Gasteiger partial charge in [-0.1, -0.05) is 6.07 Å². The third-order valence-corrected chi connectivity index (χ3v) is 2.70. The number of likely N-dealkylation sites (N-methyl/N-ethyl adjacent to an activating group) is 1. The third-order valence-electron chi connectivity index (χ3n) is 2.70. The van der Waals surface area contributed by atoms with E-state index in [1.54, 1.807) is 20.4 Å². The van der Waals surface area contributed by atoms with Crippen molar-refractivity contribution in [3.8, 4) is 0 Å². The standard InChI is InChI=1S/C12H16N4O/c1-16(2)12(17)9(13)5-8-3-4-10-11(6-8)15-7-14-10/h3-4,6-7,9H,5,13H2,1-2H3,(H,14,15). The number of rotatable bonds is 3. The molecule has 0 aliphatic rings. The largest absolute Gasteiger partial charge is 0.347 e. The number of nitrogens with one attached hydrogen (secondary N) is 1. The van der Waals surface area contributed by atoms with E-state index in [1.807, 2.05) is 18.2 Å². The average Bonchev–Trinajstić information content (AvgIpc) is 2.74. The minimum atomic E-state index is -0.495. The number of imidazole rings is 1. The van der Waals surface area contributed by atoms with Crippen molar-refractivity contribution in [1.82, 2.24) is 14.9 Å². The molecule has 5 heteroatoms. The number of benzene rings is 1. The summed E-state index contributed by atoms with van der Waals surface area (Å²) in [6.45, 7) is 0. The lowest BCUT2D eigenvalue weighted by atomic mass is 10.1. The van der Waals surface area contributed by atoms with Gasteiger partial charge in [0.25, 0.3) is 0 Å². The van der Waals surface area contributed by atoms with Gasteiger partial charge in [0, 0.05) is 14.1 Å². The first kappa shape index (κ1) is 11.6. The second-order valence-electron chi connectivity index (χ2n) is 4.30. The summed E-state index contributed by atoms with van der Waals surface area (Å²) in [6, 6.07) is 5.36. The van der Waals surface area contributed by atoms with E-state index < -0.39 is 6.04 Å². The van der Waals surface area contributed by atoms with Gasteiger partial charge in [0.15, 0.2) is 0 Å². The highest BCUT2D eigenvalue weighted by Crippen LogP contribution is 2.13. The maximum absolute atomic E-state index is 11.6. The third kappa shape index (κ3) is 2.45. The Kier molecular flexibility index (Phi) is 3.10. The molecule has 5 nitrogen and oxygen atoms in total. The Bertz CT molecular complexity index is 532. The Morgan fingerprint density at radius 1 is 1.53 bits per heavy atom. The van der Waals surface area contributed by atoms with Crippen molar-refractivity contribution in [2.24, 2.45) is 5.73 Å². The molecule has 0 aliphatic heterocycles. The first-order valence-electron chi connectivity index (χ1n) is 5.46. The number of hydrogen-bond donors (Lipinski definition) is 2. The summed E-state index contributed by atoms with van der Waals surface area (Å²) in [7, 11) is 3.42. The van der Waals surface area contributed by atoms with E-state index in [9.17, 15) is 4.79 Å². The fourth-order valence-corrected chi connectivity index (χ4v) is 1.78. The van der Waals surface area contributed by atoms with E-state index in [0.717, 1.165) is 16.6 Å². The topological polar surface area (TPSA) is 75.0 Å². The molecule has 0 aliphatic carbocycles. The second-order valence-corrected chi connectivity index (χ2v) is 4.30. The first-order chi connectivity index (χ1) is 8.08. The van der Waals surface area contributed by atoms with Crippen LogP contribution in [-0.4, -0.2) is 40.9 Å². The van der Waals surface area contributed by atoms with Crippen molar-refractivity contribution in [1.29, 1.82) is 0 Å². The van der Waals surface area contributed by atoms with Gasteiger partial charge in [-0.25, -0.2) is 4.98 Å². The second kappa shape index (κ2) is 4.55. The van der Waals surface area contributed by atoms with Crippen LogP contribution < -0.4 is 5.73 Å². The molecular weight excluding hydrogens is 216 g/mol. The smallest absolute Gasteiger partial charge is 0.239 e. The van der Waals surface area contributed by atoms with E-state index in [1.165, 1.54) is 4.90 Å². The van der Waals surface area contributed by atoms with Crippen LogP contribution in [0.5, 0.6) is 0 Å². The Hall–Kier alpha value is -1.88. The summed E-state index contributed by atoms with van der Waals surface area (Å²) < 4.78 is 0. The lowest BCUT2D eigenvalue weighted by Gasteiger charge is -2.16. The summed E-state index contributed by atoms with van der Waals surface area (Å²) >= 11 is 0. The number of carbonyl (C=O) groups excluding carboxylic acids is 1. The van der Waals surface area contributed by atoms with Crippen LogP contribution in [-0.2, 0) is 11.2 Å². The van der Waals surface area contributed by atoms with Crippen LogP contribution >= 0.6 is 0 Å². The molecular formula is C12H16N4O. The molecule has 1 aromatic carbocycles. The highest BCUT2D eigenvalue weighted by molar-refractivity contribution is 5.82. The predicted octanol–water partition coefficient (Wildman–Crippen LogP) is 0.521. The number of amides is 1. The highest BCUT2D eigenvalue weighted by atomic mass is 16.2. The van der Waals surface area contributed by atoms with Crippen LogP contribution in [0.25, 0.3) is 11.0 Å². The SMILES string of the molecule is CN(C)C(=O)C(N)Cc1ccc2nc[nH]c2c1. The predicted molar refractivity (Wildman–Crippen MR) is 66.5 cm³/mol. The minimum Gasteiger partial charge on any atom is -0.347 e. The summed E-state index contributed by atoms with van der Waals surface area (Å²) in [5.74, 6) is -0.0605. The Morgan fingerprint density at radius 2 is 2.29 bits per heavy atom. The number of aromatic nitrogens is 2. The molecule has 0 radical (unpaired) electrons. The quantitative estimate of drug-likeness (QED) is 0.810. The molecule has 3 N–H and O–H groups in total. The van der Waals surface area contributed by atoms with Crippen molar-refractivity contribution in [3.05, 3.63) is 30.1 Å². The number of carbonyl (C=O) groups is 1. The van der Waals surface area contributed by atoms with Crippen molar-refractivity contribution >= 4 is 16.9 Å². The van der Waals surface area contributed by atoms with E-state index >= 15 is 0 Å². The zero-order chi connectivity index (χ0) is 12.4. The van der Waals surface area contributed by atoms with Crippen LogP contribution in [0.1, 0.15) is 5.56 Å². The molecule has 0 spiro atoms. The number of aromatic amines is 1. The van der Waals surface area contributed by atoms with Gasteiger partial charge < -0.3 is 15.6 Å². The molecule has 0 saturated heterocycles. The van der Waals surface area contributed by atoms with Crippen LogP contribution in [0, 0.1) is 0 Å². The monoisotopic (exact) mass is 232 g/mol. The van der Waals surface area contributed by atoms with Gasteiger partial charge in [0.1, 0.15) is 0 Å². The highest BCUT2D eigenvalue weighted by Gasteiger charge is 2.15. The fourth-order valence-electron chi connectivity index (χ4n) is 1.78. The van der Waals surface area contributed by atoms with Gasteiger partial charge >= 0.3 is 0 Å². The lowest BCUT2D eigenvalue weighted by molar-refractivity contribution is -0.130. The number of nitrogens with two attached hydrogens (primary N) is 1. The number of nitrogens with zero attached hydrogens (tertiary/aromatic N) is 2. The minimum absolute atomic E-state index is 0.0605. The molecule has 0 saturated carbocycles. The zero-order valence-corrected chi connectivity index (χ0v) is 9.97. The van der Waals surface area contributed by atoms with Crippen LogP contribution in [0.2, 0.25) is 0 Å². The molecule has 0 bridgehead atoms. The Labute approximate surface area is 99.6 Å². The maximum Gasteiger partial charge on any atom is 0.239 e. The van der Waals surface area contributed by atoms with E-state index in [-0.39, 0.29) is 5.91 Å². The van der Waals surface area contributed by atoms with Gasteiger partial charge in [-0.3, -0.25) is 4.79 Å². The van der Waals surface area contributed by atoms with Crippen molar-refractivity contribution in [3.63, 3.8) is 0 Å². The van der Waals surface area contributed by atoms with Crippen molar-refractivity contribution < 1.29 is 4.79 Å². The molecule has 1 unspecified atom stereocenters. The van der Waals surface area contributed by atoms with Gasteiger partial charge in [0.2, 0.25) is 5.91 Å². The summed E-state index contributed by atoms with van der Waals surface area (Å²) in [5.41, 5.74) is 8.77. The molecule has 0 fully saturated rings. The van der Waals surface area contributed by atoms with Gasteiger partial charge in [0.05, 0.1) is 23.4 Å². The fraction of sp³-hybridized carbons (Fsp3) is 0.333. The average molecular weight is 232 g/mol. The molecule has 1 heterocycles. The Morgan fingerprint density at radius 3 is 3.00 bits per heavy atom. The molecule has 2 rings (SSSR count). The molecule has 1 aromatic heterocycles. The number of fused-ring (bicyclic) bond motifs is 1. The summed E-state index contributed by atoms with van der Waals surface area (Å²) in [4.78, 5) is 20.3. The zero-order valence-electron chi connectivity index (χ0n) is 9.97. The van der Waals surface area contributed by atoms with E-state index in [0.29, 0.717) is 6.42 Å². The van der Waals surface area contributed by atoms with Crippen molar-refractivity contribution in [2.75, 3.05) is 14.1 Å². The molecule has 90 valence electrons. The van der Waals surface area contributed by atoms with E-state index in [4.69, 9.17) is 5.73 Å². The van der Waals surface area contributed by atoms with Crippen LogP contribution in [0.4, 0.5) is 0 Å². The normalized spacial score (nSPS) is 12.6. The summed E-state index contributed by atoms with van der Waals surface area (Å²) in [5, 5.41) is 0. The molecule has 1 atom stereocenters. The van der Waals surface area contributed by atoms with Crippen LogP contribution in [0.3, 0.4) is 0 Å². The number of H-pyrrole nitrogens is 1. The van der Waals surface area contributed by atoms with Crippen molar-refractivity contribution in [2.45, 2.75) is 12.5 Å². The number of hydrogen-bond acceptors (Lipinski definition) is 3. The molecule has 1 amide bonds. The van der Waals surface area contributed by atoms with Gasteiger partial charge in [-0.2, -0.15) is 0 Å². The van der Waals surface area contributed by atoms with Gasteiger partial charge in [-0.15, -0.1) is 0 Å². The maximum atomic E-state index is 11.6. The van der Waals surface area contributed by atoms with E-state index in [2.05, 4.69) is 9.97 Å².